The van der Waals surface area contributed by atoms with Gasteiger partial charge in [0.1, 0.15) is 0 Å². The number of halogens is 1. The fourth-order valence-electron chi connectivity index (χ4n) is 1.59. The van der Waals surface area contributed by atoms with Crippen LogP contribution in [0.4, 0.5) is 0 Å². The van der Waals surface area contributed by atoms with Crippen molar-refractivity contribution in [3.8, 4) is 0 Å². The summed E-state index contributed by atoms with van der Waals surface area (Å²) in [5.74, 6) is 6.30. The van der Waals surface area contributed by atoms with Crippen LogP contribution in [0, 0.1) is 9.49 Å². The topological polar surface area (TPSA) is 38.0 Å². The summed E-state index contributed by atoms with van der Waals surface area (Å²) in [6.45, 7) is 4.48. The minimum atomic E-state index is 0.273. The third-order valence-corrected chi connectivity index (χ3v) is 3.46. The third kappa shape index (κ3) is 4.09. The van der Waals surface area contributed by atoms with Gasteiger partial charge in [-0.05, 0) is 52.6 Å². The predicted octanol–water partition coefficient (Wildman–Crippen LogP) is 3.23. The second kappa shape index (κ2) is 6.45. The van der Waals surface area contributed by atoms with Gasteiger partial charge in [0, 0.05) is 9.61 Å². The predicted molar refractivity (Wildman–Crippen MR) is 73.3 cm³/mol. The highest BCUT2D eigenvalue weighted by Gasteiger charge is 2.12. The van der Waals surface area contributed by atoms with E-state index in [-0.39, 0.29) is 6.04 Å². The van der Waals surface area contributed by atoms with E-state index in [2.05, 4.69) is 66.1 Å². The van der Waals surface area contributed by atoms with Gasteiger partial charge >= 0.3 is 0 Å². The molecule has 0 radical (unpaired) electrons. The summed E-state index contributed by atoms with van der Waals surface area (Å²) >= 11 is 2.33. The van der Waals surface area contributed by atoms with Crippen LogP contribution in [0.1, 0.15) is 38.3 Å². The van der Waals surface area contributed by atoms with Gasteiger partial charge in [-0.3, -0.25) is 11.3 Å². The Labute approximate surface area is 106 Å². The van der Waals surface area contributed by atoms with Gasteiger partial charge in [0.15, 0.2) is 0 Å². The molecule has 1 aromatic rings. The van der Waals surface area contributed by atoms with Crippen LogP contribution >= 0.6 is 22.6 Å². The molecule has 0 aromatic heterocycles. The molecule has 84 valence electrons. The van der Waals surface area contributed by atoms with Crippen molar-refractivity contribution in [2.75, 3.05) is 0 Å². The number of rotatable bonds is 5. The molecule has 0 fully saturated rings. The molecule has 0 amide bonds. The number of nitrogens with two attached hydrogens (primary N) is 1. The molecule has 2 unspecified atom stereocenters. The molecular formula is C12H19IN2. The molecule has 2 nitrogen and oxygen atoms in total. The zero-order valence-electron chi connectivity index (χ0n) is 9.33. The van der Waals surface area contributed by atoms with Crippen LogP contribution in [0.3, 0.4) is 0 Å². The standard InChI is InChI=1S/C12H19IN2/c1-3-9(2)7-12(15-14)10-5-4-6-11(13)8-10/h4-6,8-9,12,15H,3,7,14H2,1-2H3. The Kier molecular flexibility index (Phi) is 5.56. The molecule has 15 heavy (non-hydrogen) atoms. The molecule has 0 aliphatic heterocycles. The van der Waals surface area contributed by atoms with Crippen molar-refractivity contribution in [2.45, 2.75) is 32.7 Å². The molecule has 2 atom stereocenters. The molecule has 1 aromatic carbocycles. The summed E-state index contributed by atoms with van der Waals surface area (Å²) in [6, 6.07) is 8.77. The van der Waals surface area contributed by atoms with Crippen molar-refractivity contribution in [2.24, 2.45) is 11.8 Å². The summed E-state index contributed by atoms with van der Waals surface area (Å²) in [4.78, 5) is 0. The lowest BCUT2D eigenvalue weighted by molar-refractivity contribution is 0.407. The Hall–Kier alpha value is -0.130. The highest BCUT2D eigenvalue weighted by atomic mass is 127. The van der Waals surface area contributed by atoms with Crippen LogP contribution < -0.4 is 11.3 Å². The lowest BCUT2D eigenvalue weighted by Gasteiger charge is -2.20. The van der Waals surface area contributed by atoms with Crippen LogP contribution in [0.25, 0.3) is 0 Å². The van der Waals surface area contributed by atoms with Crippen LogP contribution in [0.2, 0.25) is 0 Å². The third-order valence-electron chi connectivity index (χ3n) is 2.79. The average Bonchev–Trinajstić information content (AvgIpc) is 2.25. The minimum absolute atomic E-state index is 0.273. The first kappa shape index (κ1) is 12.9. The van der Waals surface area contributed by atoms with E-state index in [1.54, 1.807) is 0 Å². The second-order valence-corrected chi connectivity index (χ2v) is 5.27. The fraction of sp³-hybridized carbons (Fsp3) is 0.500. The summed E-state index contributed by atoms with van der Waals surface area (Å²) in [5, 5.41) is 0. The largest absolute Gasteiger partial charge is 0.271 e. The van der Waals surface area contributed by atoms with Gasteiger partial charge in [0.05, 0.1) is 0 Å². The monoisotopic (exact) mass is 318 g/mol. The van der Waals surface area contributed by atoms with Crippen LogP contribution in [0.15, 0.2) is 24.3 Å². The average molecular weight is 318 g/mol. The molecule has 0 spiro atoms. The normalized spacial score (nSPS) is 14.9. The molecule has 0 heterocycles. The second-order valence-electron chi connectivity index (χ2n) is 4.02. The molecule has 1 rings (SSSR count). The molecule has 0 bridgehead atoms. The Balaban J connectivity index is 2.73. The van der Waals surface area contributed by atoms with Crippen LogP contribution in [-0.4, -0.2) is 0 Å². The maximum Gasteiger partial charge on any atom is 0.0462 e. The lowest BCUT2D eigenvalue weighted by atomic mass is 9.95. The number of nitrogens with one attached hydrogen (secondary N) is 1. The lowest BCUT2D eigenvalue weighted by Crippen LogP contribution is -2.29. The molecule has 0 saturated heterocycles. The number of hydrogen-bond acceptors (Lipinski definition) is 2. The van der Waals surface area contributed by atoms with Crippen molar-refractivity contribution in [3.05, 3.63) is 33.4 Å². The summed E-state index contributed by atoms with van der Waals surface area (Å²) in [5.41, 5.74) is 4.19. The van der Waals surface area contributed by atoms with E-state index in [0.29, 0.717) is 5.92 Å². The highest BCUT2D eigenvalue weighted by molar-refractivity contribution is 14.1. The van der Waals surface area contributed by atoms with E-state index in [1.807, 2.05) is 0 Å². The fourth-order valence-corrected chi connectivity index (χ4v) is 2.16. The van der Waals surface area contributed by atoms with Crippen molar-refractivity contribution < 1.29 is 0 Å². The quantitative estimate of drug-likeness (QED) is 0.497. The van der Waals surface area contributed by atoms with Crippen LogP contribution in [-0.2, 0) is 0 Å². The van der Waals surface area contributed by atoms with Crippen molar-refractivity contribution in [1.29, 1.82) is 0 Å². The van der Waals surface area contributed by atoms with Crippen molar-refractivity contribution >= 4 is 22.6 Å². The first-order chi connectivity index (χ1) is 7.17. The van der Waals surface area contributed by atoms with Crippen molar-refractivity contribution in [1.82, 2.24) is 5.43 Å². The Morgan fingerprint density at radius 3 is 2.73 bits per heavy atom. The minimum Gasteiger partial charge on any atom is -0.271 e. The Morgan fingerprint density at radius 2 is 2.20 bits per heavy atom. The van der Waals surface area contributed by atoms with E-state index in [9.17, 15) is 0 Å². The van der Waals surface area contributed by atoms with Gasteiger partial charge < -0.3 is 0 Å². The van der Waals surface area contributed by atoms with Gasteiger partial charge in [0.25, 0.3) is 0 Å². The molecule has 3 heteroatoms. The van der Waals surface area contributed by atoms with Gasteiger partial charge in [-0.1, -0.05) is 32.4 Å². The highest BCUT2D eigenvalue weighted by Crippen LogP contribution is 2.23. The Morgan fingerprint density at radius 1 is 1.47 bits per heavy atom. The molecule has 0 aliphatic carbocycles. The van der Waals surface area contributed by atoms with Gasteiger partial charge in [0.2, 0.25) is 0 Å². The van der Waals surface area contributed by atoms with Crippen LogP contribution in [0.5, 0.6) is 0 Å². The smallest absolute Gasteiger partial charge is 0.0462 e. The van der Waals surface area contributed by atoms with E-state index in [0.717, 1.165) is 6.42 Å². The molecular weight excluding hydrogens is 299 g/mol. The summed E-state index contributed by atoms with van der Waals surface area (Å²) < 4.78 is 1.26. The van der Waals surface area contributed by atoms with Crippen molar-refractivity contribution in [3.63, 3.8) is 0 Å². The zero-order chi connectivity index (χ0) is 11.3. The van der Waals surface area contributed by atoms with E-state index in [4.69, 9.17) is 5.84 Å². The van der Waals surface area contributed by atoms with Gasteiger partial charge in [-0.2, -0.15) is 0 Å². The van der Waals surface area contributed by atoms with E-state index < -0.39 is 0 Å². The summed E-state index contributed by atoms with van der Waals surface area (Å²) in [7, 11) is 0. The van der Waals surface area contributed by atoms with E-state index in [1.165, 1.54) is 15.6 Å². The number of hydrazine groups is 1. The molecule has 3 N–H and O–H groups in total. The Bertz CT molecular complexity index is 301. The first-order valence-corrected chi connectivity index (χ1v) is 6.46. The first-order valence-electron chi connectivity index (χ1n) is 5.39. The van der Waals surface area contributed by atoms with E-state index >= 15 is 0 Å². The zero-order valence-corrected chi connectivity index (χ0v) is 11.5. The SMILES string of the molecule is CCC(C)CC(NN)c1cccc(I)c1. The van der Waals surface area contributed by atoms with Gasteiger partial charge in [-0.15, -0.1) is 0 Å². The maximum atomic E-state index is 5.61. The number of benzene rings is 1. The van der Waals surface area contributed by atoms with Gasteiger partial charge in [-0.25, -0.2) is 0 Å². The summed E-state index contributed by atoms with van der Waals surface area (Å²) in [6.07, 6.45) is 2.29. The molecule has 0 aliphatic rings. The number of hydrogen-bond donors (Lipinski definition) is 2. The molecule has 0 saturated carbocycles. The maximum absolute atomic E-state index is 5.61.